The fraction of sp³-hybridized carbons (Fsp3) is 0.417. The number of alkyl halides is 4. The highest BCUT2D eigenvalue weighted by Gasteiger charge is 2.55. The summed E-state index contributed by atoms with van der Waals surface area (Å²) >= 11 is 0. The number of hydrogen-bond acceptors (Lipinski definition) is 2. The van der Waals surface area contributed by atoms with E-state index in [0.717, 1.165) is 6.07 Å². The van der Waals surface area contributed by atoms with Crippen molar-refractivity contribution in [3.63, 3.8) is 0 Å². The van der Waals surface area contributed by atoms with Gasteiger partial charge in [-0.25, -0.2) is 10.1 Å². The second kappa shape index (κ2) is 4.84. The number of amides is 2. The van der Waals surface area contributed by atoms with Gasteiger partial charge in [0, 0.05) is 12.5 Å². The van der Waals surface area contributed by atoms with Gasteiger partial charge in [0.15, 0.2) is 0 Å². The van der Waals surface area contributed by atoms with E-state index in [1.165, 1.54) is 18.2 Å². The molecule has 1 aliphatic rings. The van der Waals surface area contributed by atoms with E-state index in [0.29, 0.717) is 0 Å². The lowest BCUT2D eigenvalue weighted by Crippen LogP contribution is -2.43. The van der Waals surface area contributed by atoms with Crippen molar-refractivity contribution < 1.29 is 27.1 Å². The van der Waals surface area contributed by atoms with Crippen LogP contribution in [-0.2, 0) is 0 Å². The van der Waals surface area contributed by atoms with Crippen molar-refractivity contribution in [2.24, 2.45) is 0 Å². The first-order valence-corrected chi connectivity index (χ1v) is 5.72. The molecule has 1 unspecified atom stereocenters. The van der Waals surface area contributed by atoms with E-state index in [1.54, 1.807) is 0 Å². The van der Waals surface area contributed by atoms with Gasteiger partial charge in [0.25, 0.3) is 0 Å². The highest BCUT2D eigenvalue weighted by Crippen LogP contribution is 2.38. The number of carbonyl (C=O) groups excluding carboxylic acids is 1. The van der Waals surface area contributed by atoms with Crippen LogP contribution in [0.25, 0.3) is 0 Å². The zero-order valence-corrected chi connectivity index (χ0v) is 10.4. The molecule has 1 atom stereocenters. The molecule has 0 aliphatic carbocycles. The first kappa shape index (κ1) is 14.4. The van der Waals surface area contributed by atoms with Gasteiger partial charge in [-0.3, -0.25) is 0 Å². The maximum absolute atomic E-state index is 13.3. The van der Waals surface area contributed by atoms with Gasteiger partial charge >= 0.3 is 18.1 Å². The fourth-order valence-electron chi connectivity index (χ4n) is 1.68. The zero-order valence-electron chi connectivity index (χ0n) is 10.4. The average Bonchev–Trinajstić information content (AvgIpc) is 2.74. The summed E-state index contributed by atoms with van der Waals surface area (Å²) in [5, 5.41) is 5.96. The Balaban J connectivity index is 2.27. The van der Waals surface area contributed by atoms with E-state index in [2.05, 4.69) is 15.4 Å². The molecule has 2 amide bonds. The van der Waals surface area contributed by atoms with E-state index in [1.807, 2.05) is 0 Å². The predicted octanol–water partition coefficient (Wildman–Crippen LogP) is 2.68. The second-order valence-electron chi connectivity index (χ2n) is 4.39. The summed E-state index contributed by atoms with van der Waals surface area (Å²) in [5.41, 5.74) is 0.172. The lowest BCUT2D eigenvalue weighted by Gasteiger charge is -2.25. The number of benzene rings is 1. The number of nitrogens with zero attached hydrogens (tertiary/aromatic N) is 1. The number of urea groups is 1. The van der Waals surface area contributed by atoms with Crippen LogP contribution >= 0.6 is 0 Å². The highest BCUT2D eigenvalue weighted by atomic mass is 19.3. The smallest absolute Gasteiger partial charge is 0.428 e. The van der Waals surface area contributed by atoms with E-state index < -0.39 is 29.9 Å². The van der Waals surface area contributed by atoms with E-state index in [-0.39, 0.29) is 19.0 Å². The number of rotatable bonds is 4. The Morgan fingerprint density at radius 1 is 1.30 bits per heavy atom. The molecule has 8 heteroatoms. The summed E-state index contributed by atoms with van der Waals surface area (Å²) in [6, 6.07) is 4.19. The van der Waals surface area contributed by atoms with Crippen molar-refractivity contribution in [2.45, 2.75) is 25.0 Å². The van der Waals surface area contributed by atoms with Crippen molar-refractivity contribution >= 4 is 6.03 Å². The Hall–Kier alpha value is -1.99. The molecule has 0 spiro atoms. The lowest BCUT2D eigenvalue weighted by molar-refractivity contribution is -0.301. The van der Waals surface area contributed by atoms with E-state index in [9.17, 15) is 22.4 Å². The Labute approximate surface area is 112 Å². The third kappa shape index (κ3) is 2.78. The summed E-state index contributed by atoms with van der Waals surface area (Å²) in [6.45, 7) is 0.107. The third-order valence-corrected chi connectivity index (χ3v) is 2.76. The van der Waals surface area contributed by atoms with Crippen molar-refractivity contribution in [3.8, 4) is 5.75 Å². The van der Waals surface area contributed by atoms with Crippen molar-refractivity contribution in [2.75, 3.05) is 6.54 Å². The number of ether oxygens (including phenoxy) is 1. The Morgan fingerprint density at radius 2 is 1.95 bits per heavy atom. The zero-order chi connectivity index (χ0) is 15.0. The van der Waals surface area contributed by atoms with Crippen LogP contribution in [0.5, 0.6) is 5.75 Å². The average molecular weight is 291 g/mol. The number of hydrogen-bond donors (Lipinski definition) is 1. The molecule has 0 aromatic heterocycles. The number of para-hydroxylation sites is 1. The van der Waals surface area contributed by atoms with Crippen molar-refractivity contribution in [1.82, 2.24) is 10.6 Å². The summed E-state index contributed by atoms with van der Waals surface area (Å²) in [4.78, 5) is 11.0. The number of carbonyl (C=O) groups is 1. The quantitative estimate of drug-likeness (QED) is 0.867. The van der Waals surface area contributed by atoms with Crippen LogP contribution in [0, 0.1) is 0 Å². The molecular weight excluding hydrogens is 280 g/mol. The minimum Gasteiger partial charge on any atom is -0.428 e. The van der Waals surface area contributed by atoms with Crippen LogP contribution in [0.2, 0.25) is 0 Å². The van der Waals surface area contributed by atoms with Crippen LogP contribution in [0.4, 0.5) is 22.4 Å². The summed E-state index contributed by atoms with van der Waals surface area (Å²) in [5.74, 6) is -4.75. The largest absolute Gasteiger partial charge is 0.463 e. The molecule has 109 valence electrons. The fourth-order valence-corrected chi connectivity index (χ4v) is 1.68. The maximum atomic E-state index is 13.3. The molecule has 2 rings (SSSR count). The van der Waals surface area contributed by atoms with Crippen LogP contribution in [0.3, 0.4) is 0 Å². The van der Waals surface area contributed by atoms with Gasteiger partial charge in [-0.15, -0.1) is 0 Å². The molecule has 1 aliphatic heterocycles. The van der Waals surface area contributed by atoms with Gasteiger partial charge in [0.05, 0.1) is 12.6 Å². The molecule has 1 heterocycles. The van der Waals surface area contributed by atoms with Gasteiger partial charge in [-0.05, 0) is 6.07 Å². The van der Waals surface area contributed by atoms with Crippen LogP contribution in [0.15, 0.2) is 24.3 Å². The first-order chi connectivity index (χ1) is 9.21. The molecule has 0 saturated carbocycles. The molecule has 1 aromatic carbocycles. The molecule has 1 fully saturated rings. The molecular formula is C12H11F4N2O2. The summed E-state index contributed by atoms with van der Waals surface area (Å²) < 4.78 is 56.3. The highest BCUT2D eigenvalue weighted by molar-refractivity contribution is 5.76. The SMILES string of the molecule is CC(F)(F)C(F)(F)Oc1ccccc1C1C[N]C(=O)N1. The van der Waals surface area contributed by atoms with Crippen LogP contribution in [-0.4, -0.2) is 24.6 Å². The van der Waals surface area contributed by atoms with Crippen molar-refractivity contribution in [1.29, 1.82) is 0 Å². The maximum Gasteiger partial charge on any atom is 0.463 e. The first-order valence-electron chi connectivity index (χ1n) is 5.72. The lowest BCUT2D eigenvalue weighted by atomic mass is 10.1. The predicted molar refractivity (Wildman–Crippen MR) is 60.9 cm³/mol. The molecule has 1 aromatic rings. The van der Waals surface area contributed by atoms with Crippen molar-refractivity contribution in [3.05, 3.63) is 29.8 Å². The van der Waals surface area contributed by atoms with E-state index >= 15 is 0 Å². The molecule has 1 saturated heterocycles. The molecule has 1 N–H and O–H groups in total. The number of nitrogens with one attached hydrogen (secondary N) is 1. The minimum absolute atomic E-state index is 0.0350. The molecule has 1 radical (unpaired) electrons. The van der Waals surface area contributed by atoms with E-state index in [4.69, 9.17) is 0 Å². The van der Waals surface area contributed by atoms with Gasteiger partial charge in [0.2, 0.25) is 0 Å². The van der Waals surface area contributed by atoms with Crippen LogP contribution < -0.4 is 15.4 Å². The summed E-state index contributed by atoms with van der Waals surface area (Å²) in [6.07, 6.45) is -4.65. The third-order valence-electron chi connectivity index (χ3n) is 2.76. The molecule has 20 heavy (non-hydrogen) atoms. The van der Waals surface area contributed by atoms with Gasteiger partial charge < -0.3 is 10.1 Å². The normalized spacial score (nSPS) is 19.4. The Kier molecular flexibility index (Phi) is 3.49. The topological polar surface area (TPSA) is 52.4 Å². The van der Waals surface area contributed by atoms with Gasteiger partial charge in [-0.2, -0.15) is 17.6 Å². The summed E-state index contributed by atoms with van der Waals surface area (Å²) in [7, 11) is 0. The van der Waals surface area contributed by atoms with Crippen LogP contribution in [0.1, 0.15) is 18.5 Å². The van der Waals surface area contributed by atoms with Gasteiger partial charge in [0.1, 0.15) is 5.75 Å². The standard InChI is InChI=1S/C12H11F4N2O2/c1-11(13,14)12(15,16)20-9-5-3-2-4-7(9)8-6-17-10(19)18-8/h2-5,8H,6H2,1H3,(H,18,19). The minimum atomic E-state index is -4.65. The van der Waals surface area contributed by atoms with Gasteiger partial charge in [-0.1, -0.05) is 18.2 Å². The monoisotopic (exact) mass is 291 g/mol. The Morgan fingerprint density at radius 3 is 2.50 bits per heavy atom. The number of halogens is 4. The molecule has 4 nitrogen and oxygen atoms in total. The second-order valence-corrected chi connectivity index (χ2v) is 4.39. The Bertz CT molecular complexity index is 516. The molecule has 0 bridgehead atoms.